The average Bonchev–Trinajstić information content (AvgIpc) is 2.91. The first-order valence-corrected chi connectivity index (χ1v) is 6.99. The van der Waals surface area contributed by atoms with Crippen molar-refractivity contribution in [2.75, 3.05) is 23.7 Å². The van der Waals surface area contributed by atoms with Crippen LogP contribution in [0.3, 0.4) is 0 Å². The molecule has 0 aliphatic heterocycles. The number of aromatic nitrogens is 2. The van der Waals surface area contributed by atoms with Crippen LogP contribution in [0.2, 0.25) is 0 Å². The molecule has 0 bridgehead atoms. The first kappa shape index (κ1) is 12.8. The van der Waals surface area contributed by atoms with Gasteiger partial charge in [-0.25, -0.2) is 4.98 Å². The first-order valence-electron chi connectivity index (χ1n) is 6.11. The number of nitrogens with one attached hydrogen (secondary N) is 2. The summed E-state index contributed by atoms with van der Waals surface area (Å²) in [5.41, 5.74) is 2.08. The number of anilines is 2. The van der Waals surface area contributed by atoms with Crippen molar-refractivity contribution in [2.45, 2.75) is 19.8 Å². The maximum Gasteiger partial charge on any atom is 0.0970 e. The average molecular weight is 262 g/mol. The molecule has 5 heteroatoms. The minimum Gasteiger partial charge on any atom is -0.384 e. The highest BCUT2D eigenvalue weighted by Gasteiger charge is 2.07. The lowest BCUT2D eigenvalue weighted by Gasteiger charge is -2.12. The van der Waals surface area contributed by atoms with Gasteiger partial charge in [0.1, 0.15) is 0 Å². The number of thiazole rings is 1. The number of nitrogens with zero attached hydrogens (tertiary/aromatic N) is 2. The Balaban J connectivity index is 1.91. The third-order valence-electron chi connectivity index (χ3n) is 2.60. The third kappa shape index (κ3) is 3.43. The topological polar surface area (TPSA) is 49.8 Å². The van der Waals surface area contributed by atoms with Gasteiger partial charge < -0.3 is 10.6 Å². The molecule has 1 atom stereocenters. The van der Waals surface area contributed by atoms with E-state index in [0.29, 0.717) is 5.92 Å². The van der Waals surface area contributed by atoms with Gasteiger partial charge in [0.05, 0.1) is 28.8 Å². The Morgan fingerprint density at radius 3 is 2.72 bits per heavy atom. The van der Waals surface area contributed by atoms with Crippen LogP contribution in [0.1, 0.15) is 24.8 Å². The smallest absolute Gasteiger partial charge is 0.0970 e. The highest BCUT2D eigenvalue weighted by Crippen LogP contribution is 2.19. The second kappa shape index (κ2) is 6.35. The molecule has 2 heterocycles. The standard InChI is InChI=1S/C13H18N4S/c1-3-15-11-6-12(9-14-8-11)17-7-10(2)13-16-4-5-18-13/h4-6,8-10,15,17H,3,7H2,1-2H3. The van der Waals surface area contributed by atoms with Gasteiger partial charge in [0.2, 0.25) is 0 Å². The Labute approximate surface area is 111 Å². The van der Waals surface area contributed by atoms with Crippen molar-refractivity contribution in [3.63, 3.8) is 0 Å². The van der Waals surface area contributed by atoms with Gasteiger partial charge in [-0.15, -0.1) is 11.3 Å². The lowest BCUT2D eigenvalue weighted by Crippen LogP contribution is -2.10. The van der Waals surface area contributed by atoms with Crippen LogP contribution >= 0.6 is 11.3 Å². The van der Waals surface area contributed by atoms with E-state index in [-0.39, 0.29) is 0 Å². The molecule has 2 aromatic heterocycles. The summed E-state index contributed by atoms with van der Waals surface area (Å²) in [4.78, 5) is 8.53. The highest BCUT2D eigenvalue weighted by molar-refractivity contribution is 7.09. The molecule has 0 fully saturated rings. The van der Waals surface area contributed by atoms with Crippen molar-refractivity contribution in [3.05, 3.63) is 35.0 Å². The van der Waals surface area contributed by atoms with Gasteiger partial charge in [0.25, 0.3) is 0 Å². The molecule has 0 aliphatic carbocycles. The predicted molar refractivity (Wildman–Crippen MR) is 77.4 cm³/mol. The van der Waals surface area contributed by atoms with Crippen molar-refractivity contribution in [1.29, 1.82) is 0 Å². The predicted octanol–water partition coefficient (Wildman–Crippen LogP) is 3.19. The van der Waals surface area contributed by atoms with Crippen LogP contribution < -0.4 is 10.6 Å². The SMILES string of the molecule is CCNc1cncc(NCC(C)c2nccs2)c1. The van der Waals surface area contributed by atoms with E-state index in [2.05, 4.69) is 40.5 Å². The van der Waals surface area contributed by atoms with E-state index in [1.165, 1.54) is 5.01 Å². The fraction of sp³-hybridized carbons (Fsp3) is 0.385. The fourth-order valence-corrected chi connectivity index (χ4v) is 2.37. The van der Waals surface area contributed by atoms with E-state index in [4.69, 9.17) is 0 Å². The summed E-state index contributed by atoms with van der Waals surface area (Å²) in [5.74, 6) is 0.410. The Bertz CT molecular complexity index is 470. The molecule has 0 amide bonds. The largest absolute Gasteiger partial charge is 0.384 e. The Hall–Kier alpha value is -1.62. The minimum atomic E-state index is 0.410. The monoisotopic (exact) mass is 262 g/mol. The lowest BCUT2D eigenvalue weighted by atomic mass is 10.2. The van der Waals surface area contributed by atoms with Crippen molar-refractivity contribution in [1.82, 2.24) is 9.97 Å². The van der Waals surface area contributed by atoms with Crippen molar-refractivity contribution in [2.24, 2.45) is 0 Å². The number of pyridine rings is 1. The van der Waals surface area contributed by atoms with E-state index in [1.807, 2.05) is 24.0 Å². The summed E-state index contributed by atoms with van der Waals surface area (Å²) in [6.07, 6.45) is 5.53. The summed E-state index contributed by atoms with van der Waals surface area (Å²) in [6.45, 7) is 6.02. The summed E-state index contributed by atoms with van der Waals surface area (Å²) in [7, 11) is 0. The summed E-state index contributed by atoms with van der Waals surface area (Å²) in [6, 6.07) is 2.07. The molecule has 0 radical (unpaired) electrons. The number of hydrogen-bond donors (Lipinski definition) is 2. The molecule has 4 nitrogen and oxygen atoms in total. The van der Waals surface area contributed by atoms with Crippen molar-refractivity contribution >= 4 is 22.7 Å². The van der Waals surface area contributed by atoms with Gasteiger partial charge in [-0.3, -0.25) is 4.98 Å². The maximum absolute atomic E-state index is 4.33. The van der Waals surface area contributed by atoms with Crippen LogP contribution in [0.25, 0.3) is 0 Å². The molecule has 2 N–H and O–H groups in total. The van der Waals surface area contributed by atoms with Crippen LogP contribution in [0, 0.1) is 0 Å². The highest BCUT2D eigenvalue weighted by atomic mass is 32.1. The second-order valence-electron chi connectivity index (χ2n) is 4.14. The molecular weight excluding hydrogens is 244 g/mol. The van der Waals surface area contributed by atoms with Gasteiger partial charge in [-0.1, -0.05) is 6.92 Å². The van der Waals surface area contributed by atoms with E-state index < -0.39 is 0 Å². The molecule has 2 rings (SSSR count). The van der Waals surface area contributed by atoms with Gasteiger partial charge in [0.15, 0.2) is 0 Å². The van der Waals surface area contributed by atoms with E-state index in [0.717, 1.165) is 24.5 Å². The van der Waals surface area contributed by atoms with Gasteiger partial charge in [-0.05, 0) is 13.0 Å². The third-order valence-corrected chi connectivity index (χ3v) is 3.61. The van der Waals surface area contributed by atoms with Crippen LogP contribution in [-0.2, 0) is 0 Å². The summed E-state index contributed by atoms with van der Waals surface area (Å²) < 4.78 is 0. The molecule has 0 saturated carbocycles. The molecule has 1 unspecified atom stereocenters. The zero-order chi connectivity index (χ0) is 12.8. The first-order chi connectivity index (χ1) is 8.79. The normalized spacial score (nSPS) is 12.1. The van der Waals surface area contributed by atoms with Gasteiger partial charge in [0, 0.05) is 30.6 Å². The lowest BCUT2D eigenvalue weighted by molar-refractivity contribution is 0.794. The second-order valence-corrected chi connectivity index (χ2v) is 5.07. The Morgan fingerprint density at radius 2 is 2.06 bits per heavy atom. The van der Waals surface area contributed by atoms with Crippen LogP contribution in [-0.4, -0.2) is 23.1 Å². The molecule has 96 valence electrons. The van der Waals surface area contributed by atoms with Gasteiger partial charge >= 0.3 is 0 Å². The Kier molecular flexibility index (Phi) is 4.52. The molecule has 2 aromatic rings. The zero-order valence-electron chi connectivity index (χ0n) is 10.7. The molecule has 0 aromatic carbocycles. The zero-order valence-corrected chi connectivity index (χ0v) is 11.5. The minimum absolute atomic E-state index is 0.410. The van der Waals surface area contributed by atoms with Crippen LogP contribution in [0.15, 0.2) is 30.0 Å². The van der Waals surface area contributed by atoms with E-state index in [1.54, 1.807) is 11.3 Å². The molecule has 0 aliphatic rings. The van der Waals surface area contributed by atoms with Crippen LogP contribution in [0.5, 0.6) is 0 Å². The molecule has 0 spiro atoms. The fourth-order valence-electron chi connectivity index (χ4n) is 1.67. The summed E-state index contributed by atoms with van der Waals surface area (Å²) in [5, 5.41) is 9.82. The van der Waals surface area contributed by atoms with Crippen LogP contribution in [0.4, 0.5) is 11.4 Å². The number of hydrogen-bond acceptors (Lipinski definition) is 5. The summed E-state index contributed by atoms with van der Waals surface area (Å²) >= 11 is 1.70. The molecule has 18 heavy (non-hydrogen) atoms. The Morgan fingerprint density at radius 1 is 1.28 bits per heavy atom. The molecular formula is C13H18N4S. The molecule has 0 saturated heterocycles. The van der Waals surface area contributed by atoms with Gasteiger partial charge in [-0.2, -0.15) is 0 Å². The quantitative estimate of drug-likeness (QED) is 0.839. The maximum atomic E-state index is 4.33. The van der Waals surface area contributed by atoms with Crippen molar-refractivity contribution in [3.8, 4) is 0 Å². The van der Waals surface area contributed by atoms with Crippen molar-refractivity contribution < 1.29 is 0 Å². The number of rotatable bonds is 6. The van der Waals surface area contributed by atoms with E-state index in [9.17, 15) is 0 Å². The van der Waals surface area contributed by atoms with E-state index >= 15 is 0 Å².